The van der Waals surface area contributed by atoms with Crippen molar-refractivity contribution in [3.63, 3.8) is 0 Å². The van der Waals surface area contributed by atoms with Crippen LogP contribution in [0.4, 0.5) is 0 Å². The van der Waals surface area contributed by atoms with E-state index in [0.29, 0.717) is 26.4 Å². The van der Waals surface area contributed by atoms with Crippen molar-refractivity contribution in [3.05, 3.63) is 40.3 Å². The van der Waals surface area contributed by atoms with Crippen LogP contribution in [0.3, 0.4) is 0 Å². The van der Waals surface area contributed by atoms with Gasteiger partial charge in [-0.1, -0.05) is 41.7 Å². The molecular weight excluding hydrogens is 330 g/mol. The zero-order valence-electron chi connectivity index (χ0n) is 11.1. The van der Waals surface area contributed by atoms with Crippen molar-refractivity contribution in [2.45, 2.75) is 0 Å². The third-order valence-corrected chi connectivity index (χ3v) is 4.36. The summed E-state index contributed by atoms with van der Waals surface area (Å²) in [5, 5.41) is 10.5. The number of phenols is 1. The Morgan fingerprint density at radius 3 is 2.90 bits per heavy atom. The zero-order chi connectivity index (χ0) is 15.6. The molecule has 1 N–H and O–H groups in total. The highest BCUT2D eigenvalue weighted by molar-refractivity contribution is 8.26. The summed E-state index contributed by atoms with van der Waals surface area (Å²) < 4.78 is 5.49. The number of phenolic OH excluding ortho intramolecular Hbond substituents is 1. The molecule has 1 aliphatic heterocycles. The average molecular weight is 342 g/mol. The first kappa shape index (κ1) is 15.9. The molecule has 7 heteroatoms. The Kier molecular flexibility index (Phi) is 4.92. The van der Waals surface area contributed by atoms with E-state index in [1.165, 1.54) is 29.8 Å². The summed E-state index contributed by atoms with van der Waals surface area (Å²) >= 11 is 12.3. The van der Waals surface area contributed by atoms with E-state index in [-0.39, 0.29) is 17.4 Å². The van der Waals surface area contributed by atoms with Crippen molar-refractivity contribution >= 4 is 51.9 Å². The van der Waals surface area contributed by atoms with Gasteiger partial charge in [0.15, 0.2) is 11.5 Å². The first-order valence-corrected chi connectivity index (χ1v) is 7.51. The van der Waals surface area contributed by atoms with Gasteiger partial charge in [0.05, 0.1) is 12.0 Å². The fraction of sp³-hybridized carbons (Fsp3) is 0.143. The number of ether oxygens (including phenoxy) is 1. The minimum Gasteiger partial charge on any atom is -0.504 e. The Balaban J connectivity index is 2.41. The Morgan fingerprint density at radius 2 is 2.29 bits per heavy atom. The van der Waals surface area contributed by atoms with E-state index >= 15 is 0 Å². The average Bonchev–Trinajstić information content (AvgIpc) is 2.70. The number of thioether (sulfide) groups is 1. The van der Waals surface area contributed by atoms with Crippen molar-refractivity contribution < 1.29 is 14.6 Å². The largest absolute Gasteiger partial charge is 0.504 e. The summed E-state index contributed by atoms with van der Waals surface area (Å²) in [6.45, 7) is 3.95. The molecule has 0 unspecified atom stereocenters. The van der Waals surface area contributed by atoms with Gasteiger partial charge in [-0.15, -0.1) is 6.58 Å². The van der Waals surface area contributed by atoms with Crippen LogP contribution in [0.1, 0.15) is 5.56 Å². The summed E-state index contributed by atoms with van der Waals surface area (Å²) in [5.41, 5.74) is 0.401. The number of nitrogens with zero attached hydrogens (tertiary/aromatic N) is 1. The van der Waals surface area contributed by atoms with Crippen molar-refractivity contribution in [1.82, 2.24) is 4.90 Å². The van der Waals surface area contributed by atoms with Crippen molar-refractivity contribution in [2.24, 2.45) is 0 Å². The number of hydrogen-bond acceptors (Lipinski definition) is 5. The second-order valence-electron chi connectivity index (χ2n) is 4.13. The lowest BCUT2D eigenvalue weighted by Gasteiger charge is -2.10. The topological polar surface area (TPSA) is 49.8 Å². The van der Waals surface area contributed by atoms with Crippen LogP contribution < -0.4 is 4.74 Å². The summed E-state index contributed by atoms with van der Waals surface area (Å²) in [6, 6.07) is 3.05. The zero-order valence-corrected chi connectivity index (χ0v) is 13.5. The number of hydrogen-bond donors (Lipinski definition) is 1. The van der Waals surface area contributed by atoms with Crippen molar-refractivity contribution in [2.75, 3.05) is 13.7 Å². The highest BCUT2D eigenvalue weighted by atomic mass is 35.5. The summed E-state index contributed by atoms with van der Waals surface area (Å²) in [4.78, 5) is 14.1. The number of amides is 1. The lowest BCUT2D eigenvalue weighted by Crippen LogP contribution is -2.27. The molecule has 1 amide bonds. The summed E-state index contributed by atoms with van der Waals surface area (Å²) in [7, 11) is 1.43. The highest BCUT2D eigenvalue weighted by Crippen LogP contribution is 2.38. The van der Waals surface area contributed by atoms with Gasteiger partial charge in [0.25, 0.3) is 5.91 Å². The second-order valence-corrected chi connectivity index (χ2v) is 6.24. The number of thiocarbonyl (C=S) groups is 1. The van der Waals surface area contributed by atoms with Crippen molar-refractivity contribution in [3.8, 4) is 11.5 Å². The predicted octanol–water partition coefficient (Wildman–Crippen LogP) is 3.44. The first-order chi connectivity index (χ1) is 9.97. The molecule has 1 aromatic carbocycles. The molecule has 21 heavy (non-hydrogen) atoms. The maximum absolute atomic E-state index is 12.2. The van der Waals surface area contributed by atoms with Gasteiger partial charge in [-0.3, -0.25) is 9.69 Å². The molecule has 1 heterocycles. The van der Waals surface area contributed by atoms with Crippen LogP contribution in [0.5, 0.6) is 11.5 Å². The van der Waals surface area contributed by atoms with E-state index in [4.69, 9.17) is 28.6 Å². The molecule has 0 saturated carbocycles. The molecule has 110 valence electrons. The van der Waals surface area contributed by atoms with E-state index in [1.807, 2.05) is 0 Å². The molecule has 0 atom stereocenters. The first-order valence-electron chi connectivity index (χ1n) is 5.90. The van der Waals surface area contributed by atoms with E-state index in [2.05, 4.69) is 6.58 Å². The molecule has 0 aliphatic carbocycles. The van der Waals surface area contributed by atoms with Gasteiger partial charge in [0.1, 0.15) is 4.32 Å². The third-order valence-electron chi connectivity index (χ3n) is 2.76. The van der Waals surface area contributed by atoms with Crippen LogP contribution >= 0.6 is 35.6 Å². The smallest absolute Gasteiger partial charge is 0.266 e. The van der Waals surface area contributed by atoms with E-state index in [0.717, 1.165) is 0 Å². The second kappa shape index (κ2) is 6.51. The third kappa shape index (κ3) is 3.23. The van der Waals surface area contributed by atoms with Crippen LogP contribution in [0, 0.1) is 0 Å². The van der Waals surface area contributed by atoms with Gasteiger partial charge in [-0.2, -0.15) is 0 Å². The van der Waals surface area contributed by atoms with Crippen LogP contribution in [0.2, 0.25) is 5.02 Å². The highest BCUT2D eigenvalue weighted by Gasteiger charge is 2.31. The summed E-state index contributed by atoms with van der Waals surface area (Å²) in [6.07, 6.45) is 3.15. The molecule has 0 radical (unpaired) electrons. The SMILES string of the molecule is C=CCN1C(=O)/C(=C\c2cc(Cl)cc(OC)c2O)SC1=S. The monoisotopic (exact) mass is 341 g/mol. The number of halogens is 1. The lowest BCUT2D eigenvalue weighted by atomic mass is 10.1. The van der Waals surface area contributed by atoms with Gasteiger partial charge in [0.2, 0.25) is 0 Å². The fourth-order valence-corrected chi connectivity index (χ4v) is 3.27. The lowest BCUT2D eigenvalue weighted by molar-refractivity contribution is -0.121. The van der Waals surface area contributed by atoms with Crippen LogP contribution in [0.15, 0.2) is 29.7 Å². The Labute approximate surface area is 137 Å². The maximum atomic E-state index is 12.2. The molecule has 0 spiro atoms. The molecular formula is C14H12ClNO3S2. The Bertz CT molecular complexity index is 658. The number of aromatic hydroxyl groups is 1. The number of carbonyl (C=O) groups excluding carboxylic acids is 1. The minimum atomic E-state index is -0.219. The molecule has 1 aliphatic rings. The van der Waals surface area contributed by atoms with E-state index < -0.39 is 0 Å². The normalized spacial score (nSPS) is 16.7. The number of benzene rings is 1. The number of methoxy groups -OCH3 is 1. The molecule has 0 bridgehead atoms. The predicted molar refractivity (Wildman–Crippen MR) is 89.7 cm³/mol. The molecule has 4 nitrogen and oxygen atoms in total. The molecule has 1 aromatic rings. The van der Waals surface area contributed by atoms with Crippen LogP contribution in [0.25, 0.3) is 6.08 Å². The van der Waals surface area contributed by atoms with Gasteiger partial charge < -0.3 is 9.84 Å². The van der Waals surface area contributed by atoms with Crippen LogP contribution in [-0.4, -0.2) is 33.9 Å². The number of carbonyl (C=O) groups is 1. The van der Waals surface area contributed by atoms with Gasteiger partial charge >= 0.3 is 0 Å². The fourth-order valence-electron chi connectivity index (χ4n) is 1.79. The Morgan fingerprint density at radius 1 is 1.57 bits per heavy atom. The number of rotatable bonds is 4. The van der Waals surface area contributed by atoms with E-state index in [9.17, 15) is 9.90 Å². The Hall–Kier alpha value is -1.50. The standard InChI is InChI=1S/C14H12ClNO3S2/c1-3-4-16-13(18)11(21-14(16)20)6-8-5-9(15)7-10(19-2)12(8)17/h3,5-7,17H,1,4H2,2H3/b11-6+. The van der Waals surface area contributed by atoms with E-state index in [1.54, 1.807) is 18.2 Å². The summed E-state index contributed by atoms with van der Waals surface area (Å²) in [5.74, 6) is -0.0468. The molecule has 1 fully saturated rings. The van der Waals surface area contributed by atoms with Gasteiger partial charge in [-0.05, 0) is 12.1 Å². The molecule has 2 rings (SSSR count). The molecule has 1 saturated heterocycles. The van der Waals surface area contributed by atoms with Gasteiger partial charge in [0, 0.05) is 23.2 Å². The van der Waals surface area contributed by atoms with Crippen LogP contribution in [-0.2, 0) is 4.79 Å². The maximum Gasteiger partial charge on any atom is 0.266 e. The van der Waals surface area contributed by atoms with Gasteiger partial charge in [-0.25, -0.2) is 0 Å². The quantitative estimate of drug-likeness (QED) is 0.516. The molecule has 0 aromatic heterocycles. The van der Waals surface area contributed by atoms with Crippen molar-refractivity contribution in [1.29, 1.82) is 0 Å². The minimum absolute atomic E-state index is 0.0733.